The highest BCUT2D eigenvalue weighted by molar-refractivity contribution is 9.10. The van der Waals surface area contributed by atoms with E-state index in [9.17, 15) is 28.1 Å². The van der Waals surface area contributed by atoms with E-state index in [1.54, 1.807) is 44.2 Å². The van der Waals surface area contributed by atoms with Crippen LogP contribution in [-0.4, -0.2) is 37.6 Å². The number of allylic oxidation sites excluding steroid dienone is 4. The SMILES string of the molecule is CCCC1CC(=O)C2=C(C1)NC(C)=C(C#N)C2c1cc(Br)c(NC(=O)c2cccc(NC(=O)CCl)c2)c(NS(=O)(=O)CCC)c1. The number of dihydropyridines is 1. The Labute approximate surface area is 276 Å². The number of Topliss-reactive ketones (excluding diaryl/α,β-unsaturated/α-hetero) is 1. The molecule has 10 nitrogen and oxygen atoms in total. The van der Waals surface area contributed by atoms with Gasteiger partial charge in [-0.1, -0.05) is 26.3 Å². The number of hydrogen-bond acceptors (Lipinski definition) is 7. The van der Waals surface area contributed by atoms with Crippen LogP contribution in [0.25, 0.3) is 0 Å². The first-order valence-electron chi connectivity index (χ1n) is 14.7. The summed E-state index contributed by atoms with van der Waals surface area (Å²) in [5, 5.41) is 18.9. The van der Waals surface area contributed by atoms with Gasteiger partial charge >= 0.3 is 0 Å². The molecule has 4 rings (SSSR count). The smallest absolute Gasteiger partial charge is 0.255 e. The average molecular weight is 717 g/mol. The fourth-order valence-electron chi connectivity index (χ4n) is 5.82. The van der Waals surface area contributed by atoms with Crippen molar-refractivity contribution in [2.45, 2.75) is 58.8 Å². The van der Waals surface area contributed by atoms with Crippen molar-refractivity contribution in [1.82, 2.24) is 5.32 Å². The summed E-state index contributed by atoms with van der Waals surface area (Å²) in [5.41, 5.74) is 3.61. The first-order chi connectivity index (χ1) is 21.4. The fraction of sp³-hybridized carbons (Fsp3) is 0.375. The van der Waals surface area contributed by atoms with Crippen LogP contribution >= 0.6 is 27.5 Å². The molecule has 13 heteroatoms. The standard InChI is InChI=1S/C32H35BrClN5O5S/c1-4-7-19-11-25-30(27(40)12-19)29(23(17-35)18(3)36-25)21-14-24(33)31(26(15-21)39-45(43,44)10-5-2)38-32(42)20-8-6-9-22(13-20)37-28(41)16-34/h6,8-9,13-15,19,29,36,39H,4-5,7,10-12,16H2,1-3H3,(H,37,41)(H,38,42). The van der Waals surface area contributed by atoms with Gasteiger partial charge in [0.2, 0.25) is 15.9 Å². The minimum absolute atomic E-state index is 0.0461. The van der Waals surface area contributed by atoms with Gasteiger partial charge < -0.3 is 16.0 Å². The third-order valence-corrected chi connectivity index (χ3v) is 10.0. The maximum atomic E-state index is 13.6. The quantitative estimate of drug-likeness (QED) is 0.192. The van der Waals surface area contributed by atoms with Crippen molar-refractivity contribution in [3.8, 4) is 6.07 Å². The molecular weight excluding hydrogens is 682 g/mol. The molecule has 1 aliphatic carbocycles. The summed E-state index contributed by atoms with van der Waals surface area (Å²) < 4.78 is 29.0. The molecule has 0 aromatic heterocycles. The summed E-state index contributed by atoms with van der Waals surface area (Å²) in [6.45, 7) is 5.61. The number of anilines is 3. The summed E-state index contributed by atoms with van der Waals surface area (Å²) in [6, 6.07) is 11.7. The van der Waals surface area contributed by atoms with Crippen LogP contribution in [0.1, 0.15) is 74.7 Å². The third-order valence-electron chi connectivity index (χ3n) is 7.68. The van der Waals surface area contributed by atoms with E-state index in [-0.39, 0.29) is 40.3 Å². The molecule has 0 spiro atoms. The summed E-state index contributed by atoms with van der Waals surface area (Å²) in [5.74, 6) is -1.98. The molecule has 2 unspecified atom stereocenters. The van der Waals surface area contributed by atoms with Gasteiger partial charge in [0, 0.05) is 39.1 Å². The summed E-state index contributed by atoms with van der Waals surface area (Å²) in [6.07, 6.45) is 3.27. The summed E-state index contributed by atoms with van der Waals surface area (Å²) in [4.78, 5) is 38.7. The zero-order valence-electron chi connectivity index (χ0n) is 25.2. The number of hydrogen-bond donors (Lipinski definition) is 4. The van der Waals surface area contributed by atoms with Gasteiger partial charge in [-0.3, -0.25) is 19.1 Å². The van der Waals surface area contributed by atoms with Crippen molar-refractivity contribution >= 4 is 72.2 Å². The predicted molar refractivity (Wildman–Crippen MR) is 179 cm³/mol. The number of carbonyl (C=O) groups is 3. The monoisotopic (exact) mass is 715 g/mol. The van der Waals surface area contributed by atoms with Crippen molar-refractivity contribution in [1.29, 1.82) is 5.26 Å². The van der Waals surface area contributed by atoms with E-state index in [0.717, 1.165) is 18.5 Å². The average Bonchev–Trinajstić information content (AvgIpc) is 2.97. The second kappa shape index (κ2) is 14.6. The Morgan fingerprint density at radius 2 is 1.89 bits per heavy atom. The number of nitrogens with one attached hydrogen (secondary N) is 4. The normalized spacial score (nSPS) is 18.1. The van der Waals surface area contributed by atoms with Gasteiger partial charge in [0.1, 0.15) is 5.88 Å². The number of halogens is 2. The van der Waals surface area contributed by atoms with Gasteiger partial charge in [0.05, 0.1) is 34.7 Å². The topological polar surface area (TPSA) is 157 Å². The van der Waals surface area contributed by atoms with Gasteiger partial charge in [-0.15, -0.1) is 11.6 Å². The van der Waals surface area contributed by atoms with Crippen LogP contribution < -0.4 is 20.7 Å². The largest absolute Gasteiger partial charge is 0.361 e. The Hall–Kier alpha value is -3.66. The Kier molecular flexibility index (Phi) is 11.1. The molecule has 1 aliphatic heterocycles. The number of ketones is 1. The molecule has 2 aromatic carbocycles. The molecular formula is C32H35BrClN5O5S. The molecule has 0 radical (unpaired) electrons. The number of benzene rings is 2. The van der Waals surface area contributed by atoms with Crippen molar-refractivity contribution in [2.24, 2.45) is 5.92 Å². The number of sulfonamides is 1. The van der Waals surface area contributed by atoms with Crippen LogP contribution in [0.2, 0.25) is 0 Å². The zero-order chi connectivity index (χ0) is 32.9. The van der Waals surface area contributed by atoms with Crippen LogP contribution in [0.5, 0.6) is 0 Å². The van der Waals surface area contributed by atoms with E-state index < -0.39 is 27.8 Å². The molecule has 2 aliphatic rings. The molecule has 2 aromatic rings. The van der Waals surface area contributed by atoms with E-state index in [0.29, 0.717) is 51.8 Å². The van der Waals surface area contributed by atoms with Crippen molar-refractivity contribution in [2.75, 3.05) is 27.0 Å². The lowest BCUT2D eigenvalue weighted by molar-refractivity contribution is -0.117. The number of amides is 2. The van der Waals surface area contributed by atoms with E-state index in [1.165, 1.54) is 6.07 Å². The minimum Gasteiger partial charge on any atom is -0.361 e. The van der Waals surface area contributed by atoms with E-state index in [4.69, 9.17) is 11.6 Å². The van der Waals surface area contributed by atoms with Crippen LogP contribution in [0.4, 0.5) is 17.1 Å². The summed E-state index contributed by atoms with van der Waals surface area (Å²) >= 11 is 9.11. The number of rotatable bonds is 11. The highest BCUT2D eigenvalue weighted by Crippen LogP contribution is 2.46. The molecule has 238 valence electrons. The lowest BCUT2D eigenvalue weighted by atomic mass is 9.72. The molecule has 2 amide bonds. The molecule has 0 fully saturated rings. The van der Waals surface area contributed by atoms with Crippen molar-refractivity contribution in [3.63, 3.8) is 0 Å². The van der Waals surface area contributed by atoms with Gasteiger partial charge in [-0.2, -0.15) is 5.26 Å². The lowest BCUT2D eigenvalue weighted by Gasteiger charge is -2.35. The minimum atomic E-state index is -3.82. The highest BCUT2D eigenvalue weighted by atomic mass is 79.9. The number of alkyl halides is 1. The van der Waals surface area contributed by atoms with Gasteiger partial charge in [0.25, 0.3) is 5.91 Å². The van der Waals surface area contributed by atoms with Crippen molar-refractivity contribution < 1.29 is 22.8 Å². The molecule has 1 heterocycles. The second-order valence-electron chi connectivity index (χ2n) is 11.1. The molecule has 0 saturated heterocycles. The number of nitrogens with zero attached hydrogens (tertiary/aromatic N) is 1. The second-order valence-corrected chi connectivity index (χ2v) is 14.1. The number of nitriles is 1. The van der Waals surface area contributed by atoms with Crippen LogP contribution in [-0.2, 0) is 19.6 Å². The van der Waals surface area contributed by atoms with Crippen molar-refractivity contribution in [3.05, 3.63) is 74.5 Å². The van der Waals surface area contributed by atoms with Crippen LogP contribution in [0.3, 0.4) is 0 Å². The Balaban J connectivity index is 1.81. The molecule has 2 atom stereocenters. The van der Waals surface area contributed by atoms with Gasteiger partial charge in [0.15, 0.2) is 5.78 Å². The predicted octanol–water partition coefficient (Wildman–Crippen LogP) is 6.55. The molecule has 0 bridgehead atoms. The molecule has 45 heavy (non-hydrogen) atoms. The lowest BCUT2D eigenvalue weighted by Crippen LogP contribution is -2.34. The van der Waals surface area contributed by atoms with Gasteiger partial charge in [-0.25, -0.2) is 8.42 Å². The number of carbonyl (C=O) groups excluding carboxylic acids is 3. The van der Waals surface area contributed by atoms with E-state index in [2.05, 4.69) is 49.6 Å². The Bertz CT molecular complexity index is 1750. The first-order valence-corrected chi connectivity index (χ1v) is 17.6. The maximum Gasteiger partial charge on any atom is 0.255 e. The highest BCUT2D eigenvalue weighted by Gasteiger charge is 2.39. The zero-order valence-corrected chi connectivity index (χ0v) is 28.4. The molecule has 0 saturated carbocycles. The third kappa shape index (κ3) is 7.95. The Morgan fingerprint density at radius 1 is 1.13 bits per heavy atom. The van der Waals surface area contributed by atoms with Gasteiger partial charge in [-0.05, 0) is 83.9 Å². The van der Waals surface area contributed by atoms with Crippen LogP contribution in [0.15, 0.2) is 63.4 Å². The van der Waals surface area contributed by atoms with Crippen LogP contribution in [0, 0.1) is 17.2 Å². The first kappa shape index (κ1) is 34.2. The Morgan fingerprint density at radius 3 is 2.56 bits per heavy atom. The maximum absolute atomic E-state index is 13.6. The fourth-order valence-corrected chi connectivity index (χ4v) is 7.60. The molecule has 4 N–H and O–H groups in total. The summed E-state index contributed by atoms with van der Waals surface area (Å²) in [7, 11) is -3.82. The van der Waals surface area contributed by atoms with E-state index in [1.807, 2.05) is 0 Å². The van der Waals surface area contributed by atoms with E-state index >= 15 is 0 Å².